The lowest BCUT2D eigenvalue weighted by molar-refractivity contribution is 0.0614. The first-order valence-corrected chi connectivity index (χ1v) is 11.2. The number of nitrogens with zero attached hydrogens (tertiary/aromatic N) is 4. The molecule has 0 atom stereocenters. The number of aryl methyl sites for hydroxylation is 1. The number of hydrogen-bond donors (Lipinski definition) is 0. The molecule has 0 radical (unpaired) electrons. The highest BCUT2D eigenvalue weighted by molar-refractivity contribution is 5.95. The molecule has 0 aliphatic carbocycles. The number of amides is 1. The second-order valence-electron chi connectivity index (χ2n) is 8.48. The van der Waals surface area contributed by atoms with Gasteiger partial charge in [0.05, 0.1) is 19.8 Å². The predicted octanol–water partition coefficient (Wildman–Crippen LogP) is 3.80. The van der Waals surface area contributed by atoms with Crippen molar-refractivity contribution < 1.29 is 18.8 Å². The molecule has 0 spiro atoms. The monoisotopic (exact) mass is 450 g/mol. The molecule has 1 fully saturated rings. The van der Waals surface area contributed by atoms with Gasteiger partial charge < -0.3 is 18.9 Å². The fourth-order valence-corrected chi connectivity index (χ4v) is 3.77. The topological polar surface area (TPSA) is 80.9 Å². The van der Waals surface area contributed by atoms with Crippen molar-refractivity contribution in [1.82, 2.24) is 19.9 Å². The number of carbonyl (C=O) groups excluding carboxylic acids is 1. The summed E-state index contributed by atoms with van der Waals surface area (Å²) < 4.78 is 16.6. The summed E-state index contributed by atoms with van der Waals surface area (Å²) in [5.41, 5.74) is 2.72. The molecule has 2 heterocycles. The highest BCUT2D eigenvalue weighted by Gasteiger charge is 2.24. The van der Waals surface area contributed by atoms with E-state index >= 15 is 0 Å². The third kappa shape index (κ3) is 5.51. The van der Waals surface area contributed by atoms with E-state index in [0.717, 1.165) is 18.7 Å². The van der Waals surface area contributed by atoms with Crippen molar-refractivity contribution in [2.45, 2.75) is 33.4 Å². The average Bonchev–Trinajstić information content (AvgIpc) is 3.28. The van der Waals surface area contributed by atoms with Crippen LogP contribution in [0.25, 0.3) is 11.4 Å². The van der Waals surface area contributed by atoms with Crippen molar-refractivity contribution in [2.75, 3.05) is 33.3 Å². The molecule has 174 valence electrons. The quantitative estimate of drug-likeness (QED) is 0.542. The molecule has 2 aromatic carbocycles. The Morgan fingerprint density at radius 3 is 2.45 bits per heavy atom. The Hall–Kier alpha value is -3.39. The maximum Gasteiger partial charge on any atom is 0.254 e. The van der Waals surface area contributed by atoms with Gasteiger partial charge in [-0.15, -0.1) is 0 Å². The second kappa shape index (κ2) is 10.0. The molecule has 0 unspecified atom stereocenters. The van der Waals surface area contributed by atoms with Gasteiger partial charge in [0.25, 0.3) is 5.91 Å². The molecule has 1 aliphatic heterocycles. The predicted molar refractivity (Wildman–Crippen MR) is 124 cm³/mol. The largest absolute Gasteiger partial charge is 0.493 e. The molecule has 8 nitrogen and oxygen atoms in total. The molecule has 8 heteroatoms. The Morgan fingerprint density at radius 1 is 1.06 bits per heavy atom. The van der Waals surface area contributed by atoms with Gasteiger partial charge in [-0.3, -0.25) is 9.69 Å². The first kappa shape index (κ1) is 22.8. The van der Waals surface area contributed by atoms with E-state index in [4.69, 9.17) is 14.0 Å². The standard InChI is InChI=1S/C25H30N4O4/c1-17(2)32-21-10-9-20(15-22(21)31-4)25(30)29-13-11-28(12-14-29)16-23-26-24(27-33-23)19-7-5-18(3)6-8-19/h5-10,15,17H,11-14,16H2,1-4H3. The summed E-state index contributed by atoms with van der Waals surface area (Å²) in [6.45, 7) is 9.25. The van der Waals surface area contributed by atoms with Crippen molar-refractivity contribution in [1.29, 1.82) is 0 Å². The number of hydrogen-bond acceptors (Lipinski definition) is 7. The van der Waals surface area contributed by atoms with E-state index in [1.54, 1.807) is 25.3 Å². The van der Waals surface area contributed by atoms with Gasteiger partial charge in [0.2, 0.25) is 11.7 Å². The van der Waals surface area contributed by atoms with Crippen LogP contribution in [0.4, 0.5) is 0 Å². The molecule has 33 heavy (non-hydrogen) atoms. The van der Waals surface area contributed by atoms with Gasteiger partial charge in [0, 0.05) is 37.3 Å². The number of ether oxygens (including phenoxy) is 2. The summed E-state index contributed by atoms with van der Waals surface area (Å²) in [7, 11) is 1.58. The van der Waals surface area contributed by atoms with Crippen molar-refractivity contribution in [2.24, 2.45) is 0 Å². The summed E-state index contributed by atoms with van der Waals surface area (Å²) in [6.07, 6.45) is 0.0281. The smallest absolute Gasteiger partial charge is 0.254 e. The van der Waals surface area contributed by atoms with Crippen LogP contribution >= 0.6 is 0 Å². The Morgan fingerprint density at radius 2 is 1.79 bits per heavy atom. The van der Waals surface area contributed by atoms with Crippen LogP contribution in [0.5, 0.6) is 11.5 Å². The summed E-state index contributed by atoms with van der Waals surface area (Å²) in [4.78, 5) is 21.6. The average molecular weight is 451 g/mol. The van der Waals surface area contributed by atoms with E-state index in [2.05, 4.69) is 15.0 Å². The summed E-state index contributed by atoms with van der Waals surface area (Å²) >= 11 is 0. The molecule has 1 aromatic heterocycles. The van der Waals surface area contributed by atoms with Crippen LogP contribution in [-0.2, 0) is 6.54 Å². The molecule has 3 aromatic rings. The van der Waals surface area contributed by atoms with E-state index in [1.165, 1.54) is 5.56 Å². The Balaban J connectivity index is 1.33. The zero-order valence-corrected chi connectivity index (χ0v) is 19.6. The number of benzene rings is 2. The van der Waals surface area contributed by atoms with E-state index in [1.807, 2.05) is 49.9 Å². The van der Waals surface area contributed by atoms with E-state index in [-0.39, 0.29) is 12.0 Å². The minimum absolute atomic E-state index is 0.0107. The van der Waals surface area contributed by atoms with Crippen LogP contribution < -0.4 is 9.47 Å². The first-order chi connectivity index (χ1) is 15.9. The summed E-state index contributed by atoms with van der Waals surface area (Å²) in [5, 5.41) is 4.11. The third-order valence-electron chi connectivity index (χ3n) is 5.57. The highest BCUT2D eigenvalue weighted by Crippen LogP contribution is 2.29. The molecule has 0 N–H and O–H groups in total. The molecule has 0 bridgehead atoms. The minimum Gasteiger partial charge on any atom is -0.493 e. The molecule has 4 rings (SSSR count). The third-order valence-corrected chi connectivity index (χ3v) is 5.57. The van der Waals surface area contributed by atoms with Gasteiger partial charge in [-0.2, -0.15) is 4.98 Å². The Bertz CT molecular complexity index is 1090. The van der Waals surface area contributed by atoms with Gasteiger partial charge in [0.1, 0.15) is 0 Å². The highest BCUT2D eigenvalue weighted by atomic mass is 16.5. The van der Waals surface area contributed by atoms with E-state index < -0.39 is 0 Å². The van der Waals surface area contributed by atoms with E-state index in [0.29, 0.717) is 48.4 Å². The minimum atomic E-state index is -0.0107. The number of aromatic nitrogens is 2. The lowest BCUT2D eigenvalue weighted by Gasteiger charge is -2.34. The van der Waals surface area contributed by atoms with Crippen LogP contribution in [0.1, 0.15) is 35.7 Å². The van der Waals surface area contributed by atoms with Gasteiger partial charge in [-0.25, -0.2) is 0 Å². The van der Waals surface area contributed by atoms with Crippen molar-refractivity contribution in [3.63, 3.8) is 0 Å². The molecule has 0 saturated carbocycles. The van der Waals surface area contributed by atoms with Crippen LogP contribution in [0.3, 0.4) is 0 Å². The SMILES string of the molecule is COc1cc(C(=O)N2CCN(Cc3nc(-c4ccc(C)cc4)no3)CC2)ccc1OC(C)C. The first-order valence-electron chi connectivity index (χ1n) is 11.2. The molecular formula is C25H30N4O4. The van der Waals surface area contributed by atoms with Crippen LogP contribution in [0.15, 0.2) is 47.0 Å². The fourth-order valence-electron chi connectivity index (χ4n) is 3.77. The van der Waals surface area contributed by atoms with Gasteiger partial charge in [-0.1, -0.05) is 35.0 Å². The van der Waals surface area contributed by atoms with Crippen molar-refractivity contribution >= 4 is 5.91 Å². The van der Waals surface area contributed by atoms with Gasteiger partial charge in [0.15, 0.2) is 11.5 Å². The fraction of sp³-hybridized carbons (Fsp3) is 0.400. The molecular weight excluding hydrogens is 420 g/mol. The van der Waals surface area contributed by atoms with Crippen LogP contribution in [0, 0.1) is 6.92 Å². The number of piperazine rings is 1. The molecule has 1 saturated heterocycles. The van der Waals surface area contributed by atoms with E-state index in [9.17, 15) is 4.79 Å². The number of rotatable bonds is 7. The summed E-state index contributed by atoms with van der Waals surface area (Å²) in [5.74, 6) is 2.37. The zero-order valence-electron chi connectivity index (χ0n) is 19.6. The van der Waals surface area contributed by atoms with Crippen LogP contribution in [-0.4, -0.2) is 65.2 Å². The molecule has 1 amide bonds. The normalized spacial score (nSPS) is 14.5. The lowest BCUT2D eigenvalue weighted by Crippen LogP contribution is -2.48. The second-order valence-corrected chi connectivity index (χ2v) is 8.48. The number of methoxy groups -OCH3 is 1. The van der Waals surface area contributed by atoms with Crippen molar-refractivity contribution in [3.8, 4) is 22.9 Å². The Kier molecular flexibility index (Phi) is 6.93. The maximum atomic E-state index is 13.0. The van der Waals surface area contributed by atoms with Crippen molar-refractivity contribution in [3.05, 3.63) is 59.5 Å². The lowest BCUT2D eigenvalue weighted by atomic mass is 10.1. The maximum absolute atomic E-state index is 13.0. The Labute approximate surface area is 194 Å². The molecule has 1 aliphatic rings. The summed E-state index contributed by atoms with van der Waals surface area (Å²) in [6, 6.07) is 13.4. The van der Waals surface area contributed by atoms with Gasteiger partial charge in [-0.05, 0) is 39.0 Å². The van der Waals surface area contributed by atoms with Crippen LogP contribution in [0.2, 0.25) is 0 Å². The number of carbonyl (C=O) groups is 1. The van der Waals surface area contributed by atoms with Gasteiger partial charge >= 0.3 is 0 Å². The zero-order chi connectivity index (χ0) is 23.4.